The summed E-state index contributed by atoms with van der Waals surface area (Å²) in [4.78, 5) is 16.3. The number of esters is 1. The van der Waals surface area contributed by atoms with Crippen LogP contribution in [0.2, 0.25) is 0 Å². The van der Waals surface area contributed by atoms with Crippen molar-refractivity contribution in [3.8, 4) is 17.1 Å². The largest absolute Gasteiger partial charge is 0.497 e. The van der Waals surface area contributed by atoms with Crippen molar-refractivity contribution in [2.45, 2.75) is 6.54 Å². The Labute approximate surface area is 150 Å². The van der Waals surface area contributed by atoms with E-state index in [0.29, 0.717) is 11.4 Å². The fraction of sp³-hybridized carbons (Fsp3) is 0.167. The number of hydrogen-bond acceptors (Lipinski definition) is 7. The van der Waals surface area contributed by atoms with E-state index in [-0.39, 0.29) is 6.54 Å². The number of carbonyl (C=O) groups is 1. The summed E-state index contributed by atoms with van der Waals surface area (Å²) in [6.45, 7) is 0.163. The minimum Gasteiger partial charge on any atom is -0.497 e. The summed E-state index contributed by atoms with van der Waals surface area (Å²) >= 11 is 0. The molecule has 0 unspecified atom stereocenters. The Morgan fingerprint density at radius 3 is 2.65 bits per heavy atom. The van der Waals surface area contributed by atoms with Crippen LogP contribution in [-0.2, 0) is 16.1 Å². The Kier molecular flexibility index (Phi) is 5.33. The van der Waals surface area contributed by atoms with E-state index in [1.165, 1.54) is 11.8 Å². The number of aromatic nitrogens is 5. The predicted octanol–water partition coefficient (Wildman–Crippen LogP) is 2.00. The second-order valence-corrected chi connectivity index (χ2v) is 5.34. The number of benzene rings is 1. The minimum absolute atomic E-state index is 0.163. The molecule has 0 radical (unpaired) electrons. The first-order chi connectivity index (χ1) is 12.7. The molecule has 3 aromatic rings. The lowest BCUT2D eigenvalue weighted by Crippen LogP contribution is -2.13. The third kappa shape index (κ3) is 3.92. The van der Waals surface area contributed by atoms with E-state index in [0.717, 1.165) is 16.9 Å². The maximum atomic E-state index is 12.2. The third-order valence-electron chi connectivity index (χ3n) is 3.68. The lowest BCUT2D eigenvalue weighted by Gasteiger charge is -2.08. The van der Waals surface area contributed by atoms with Crippen molar-refractivity contribution in [1.29, 1.82) is 0 Å². The van der Waals surface area contributed by atoms with Crippen LogP contribution in [-0.4, -0.2) is 45.4 Å². The molecule has 0 amide bonds. The average Bonchev–Trinajstić information content (AvgIpc) is 3.16. The van der Waals surface area contributed by atoms with E-state index in [9.17, 15) is 4.79 Å². The van der Waals surface area contributed by atoms with Crippen molar-refractivity contribution in [2.24, 2.45) is 0 Å². The lowest BCUT2D eigenvalue weighted by molar-refractivity contribution is -0.136. The van der Waals surface area contributed by atoms with Crippen molar-refractivity contribution < 1.29 is 14.3 Å². The molecule has 0 bridgehead atoms. The highest BCUT2D eigenvalue weighted by Gasteiger charge is 2.16. The quantitative estimate of drug-likeness (QED) is 0.495. The second-order valence-electron chi connectivity index (χ2n) is 5.34. The fourth-order valence-electron chi connectivity index (χ4n) is 2.38. The van der Waals surface area contributed by atoms with Gasteiger partial charge in [-0.2, -0.15) is 0 Å². The van der Waals surface area contributed by atoms with Crippen LogP contribution in [0.3, 0.4) is 0 Å². The van der Waals surface area contributed by atoms with E-state index in [1.807, 2.05) is 30.3 Å². The first-order valence-electron chi connectivity index (χ1n) is 7.80. The second kappa shape index (κ2) is 8.02. The number of pyridine rings is 1. The third-order valence-corrected chi connectivity index (χ3v) is 3.68. The smallest absolute Gasteiger partial charge is 0.335 e. The number of tetrazole rings is 1. The SMILES string of the molecule is COC(=O)/C(=C/c1ccc(OC)cc1)Cn1nnnc1-c1cccnc1. The number of rotatable bonds is 6. The van der Waals surface area contributed by atoms with Crippen LogP contribution in [0.15, 0.2) is 54.4 Å². The summed E-state index contributed by atoms with van der Waals surface area (Å²) < 4.78 is 11.6. The van der Waals surface area contributed by atoms with Gasteiger partial charge >= 0.3 is 5.97 Å². The molecule has 2 heterocycles. The number of hydrogen-bond donors (Lipinski definition) is 0. The summed E-state index contributed by atoms with van der Waals surface area (Å²) in [5.74, 6) is 0.803. The maximum absolute atomic E-state index is 12.2. The summed E-state index contributed by atoms with van der Waals surface area (Å²) in [6.07, 6.45) is 5.06. The van der Waals surface area contributed by atoms with E-state index in [4.69, 9.17) is 9.47 Å². The molecule has 26 heavy (non-hydrogen) atoms. The van der Waals surface area contributed by atoms with Gasteiger partial charge in [0.2, 0.25) is 0 Å². The molecular formula is C18H17N5O3. The molecule has 0 aliphatic rings. The monoisotopic (exact) mass is 351 g/mol. The van der Waals surface area contributed by atoms with Gasteiger partial charge in [-0.15, -0.1) is 5.10 Å². The molecule has 0 aliphatic heterocycles. The van der Waals surface area contributed by atoms with Gasteiger partial charge in [0, 0.05) is 18.0 Å². The Morgan fingerprint density at radius 1 is 1.19 bits per heavy atom. The zero-order valence-corrected chi connectivity index (χ0v) is 14.4. The van der Waals surface area contributed by atoms with Crippen LogP contribution in [0.25, 0.3) is 17.5 Å². The molecule has 0 aliphatic carbocycles. The van der Waals surface area contributed by atoms with Gasteiger partial charge in [-0.25, -0.2) is 9.48 Å². The number of nitrogens with zero attached hydrogens (tertiary/aromatic N) is 5. The number of methoxy groups -OCH3 is 2. The van der Waals surface area contributed by atoms with Crippen LogP contribution >= 0.6 is 0 Å². The first kappa shape index (κ1) is 17.3. The molecule has 0 saturated carbocycles. The van der Waals surface area contributed by atoms with E-state index in [2.05, 4.69) is 20.5 Å². The van der Waals surface area contributed by atoms with E-state index < -0.39 is 5.97 Å². The van der Waals surface area contributed by atoms with Crippen LogP contribution in [0.1, 0.15) is 5.56 Å². The van der Waals surface area contributed by atoms with Crippen molar-refractivity contribution >= 4 is 12.0 Å². The number of carbonyl (C=O) groups excluding carboxylic acids is 1. The molecule has 0 fully saturated rings. The van der Waals surface area contributed by atoms with Gasteiger partial charge in [0.25, 0.3) is 0 Å². The molecule has 0 spiro atoms. The number of ether oxygens (including phenoxy) is 2. The topological polar surface area (TPSA) is 92.0 Å². The van der Waals surface area contributed by atoms with Crippen molar-refractivity contribution in [2.75, 3.05) is 14.2 Å². The van der Waals surface area contributed by atoms with E-state index in [1.54, 1.807) is 31.6 Å². The predicted molar refractivity (Wildman–Crippen MR) is 94.0 cm³/mol. The molecule has 132 valence electrons. The first-order valence-corrected chi connectivity index (χ1v) is 7.80. The van der Waals surface area contributed by atoms with Crippen molar-refractivity contribution in [1.82, 2.24) is 25.2 Å². The highest BCUT2D eigenvalue weighted by atomic mass is 16.5. The van der Waals surface area contributed by atoms with Crippen LogP contribution < -0.4 is 4.74 Å². The average molecular weight is 351 g/mol. The summed E-state index contributed by atoms with van der Waals surface area (Å²) in [7, 11) is 2.94. The van der Waals surface area contributed by atoms with Gasteiger partial charge in [-0.05, 0) is 46.3 Å². The molecule has 3 rings (SSSR count). The standard InChI is InChI=1S/C18H17N5O3/c1-25-16-7-5-13(6-8-16)10-15(18(24)26-2)12-23-17(20-21-22-23)14-4-3-9-19-11-14/h3-11H,12H2,1-2H3/b15-10+. The summed E-state index contributed by atoms with van der Waals surface area (Å²) in [5.41, 5.74) is 2.00. The minimum atomic E-state index is -0.451. The maximum Gasteiger partial charge on any atom is 0.335 e. The normalized spacial score (nSPS) is 11.2. The molecule has 1 aromatic carbocycles. The Morgan fingerprint density at radius 2 is 2.00 bits per heavy atom. The molecule has 0 saturated heterocycles. The zero-order chi connectivity index (χ0) is 18.4. The lowest BCUT2D eigenvalue weighted by atomic mass is 10.1. The highest BCUT2D eigenvalue weighted by Crippen LogP contribution is 2.18. The molecule has 8 nitrogen and oxygen atoms in total. The molecule has 8 heteroatoms. The van der Waals surface area contributed by atoms with Gasteiger partial charge in [0.1, 0.15) is 5.75 Å². The van der Waals surface area contributed by atoms with Crippen LogP contribution in [0.5, 0.6) is 5.75 Å². The summed E-state index contributed by atoms with van der Waals surface area (Å²) in [6, 6.07) is 11.0. The molecule has 0 N–H and O–H groups in total. The Balaban J connectivity index is 1.92. The zero-order valence-electron chi connectivity index (χ0n) is 14.4. The van der Waals surface area contributed by atoms with Crippen LogP contribution in [0, 0.1) is 0 Å². The van der Waals surface area contributed by atoms with Crippen LogP contribution in [0.4, 0.5) is 0 Å². The van der Waals surface area contributed by atoms with Crippen molar-refractivity contribution in [3.05, 3.63) is 59.9 Å². The van der Waals surface area contributed by atoms with Crippen molar-refractivity contribution in [3.63, 3.8) is 0 Å². The van der Waals surface area contributed by atoms with Gasteiger partial charge in [0.05, 0.1) is 26.3 Å². The molecular weight excluding hydrogens is 334 g/mol. The van der Waals surface area contributed by atoms with Gasteiger partial charge < -0.3 is 9.47 Å². The Bertz CT molecular complexity index is 904. The van der Waals surface area contributed by atoms with E-state index >= 15 is 0 Å². The highest BCUT2D eigenvalue weighted by molar-refractivity contribution is 5.93. The molecule has 2 aromatic heterocycles. The van der Waals surface area contributed by atoms with Gasteiger partial charge in [-0.1, -0.05) is 12.1 Å². The molecule has 0 atom stereocenters. The Hall–Kier alpha value is -3.55. The fourth-order valence-corrected chi connectivity index (χ4v) is 2.38. The van der Waals surface area contributed by atoms with Gasteiger partial charge in [-0.3, -0.25) is 4.98 Å². The summed E-state index contributed by atoms with van der Waals surface area (Å²) in [5, 5.41) is 11.7. The van der Waals surface area contributed by atoms with Gasteiger partial charge in [0.15, 0.2) is 5.82 Å².